The molecule has 6 nitrogen and oxygen atoms in total. The number of anilines is 1. The monoisotopic (exact) mass is 286 g/mol. The van der Waals surface area contributed by atoms with Crippen LogP contribution in [0.5, 0.6) is 0 Å². The van der Waals surface area contributed by atoms with Crippen LogP contribution >= 0.6 is 11.6 Å². The average molecular weight is 287 g/mol. The molecule has 1 aliphatic heterocycles. The maximum absolute atomic E-state index is 10.7. The number of hydrogen-bond donors (Lipinski definition) is 3. The van der Waals surface area contributed by atoms with Gasteiger partial charge in [0.2, 0.25) is 0 Å². The molecule has 0 bridgehead atoms. The predicted molar refractivity (Wildman–Crippen MR) is 69.7 cm³/mol. The Labute approximate surface area is 115 Å². The molecule has 0 aromatic carbocycles. The second-order valence-electron chi connectivity index (χ2n) is 4.55. The topological polar surface area (TPSA) is 91.7 Å². The summed E-state index contributed by atoms with van der Waals surface area (Å²) in [7, 11) is 0. The third kappa shape index (κ3) is 3.56. The first-order valence-electron chi connectivity index (χ1n) is 5.93. The van der Waals surface area contributed by atoms with Crippen LogP contribution in [0.25, 0.3) is 0 Å². The first-order chi connectivity index (χ1) is 9.00. The highest BCUT2D eigenvalue weighted by Gasteiger charge is 2.29. The van der Waals surface area contributed by atoms with Crippen molar-refractivity contribution >= 4 is 23.4 Å². The Morgan fingerprint density at radius 2 is 2.21 bits per heavy atom. The van der Waals surface area contributed by atoms with Crippen molar-refractivity contribution < 1.29 is 19.7 Å². The smallest absolute Gasteiger partial charge is 0.337 e. The van der Waals surface area contributed by atoms with E-state index >= 15 is 0 Å². The molecule has 1 saturated heterocycles. The fourth-order valence-corrected chi connectivity index (χ4v) is 2.09. The molecule has 3 N–H and O–H groups in total. The summed E-state index contributed by atoms with van der Waals surface area (Å²) in [5.41, 5.74) is -0.810. The van der Waals surface area contributed by atoms with Gasteiger partial charge in [-0.2, -0.15) is 0 Å². The molecule has 0 radical (unpaired) electrons. The van der Waals surface area contributed by atoms with E-state index in [-0.39, 0.29) is 10.6 Å². The normalized spacial score (nSPS) is 18.0. The SMILES string of the molecule is O=C(O)c1cnc(NCC2(O)CCOCC2)c(Cl)c1. The highest BCUT2D eigenvalue weighted by atomic mass is 35.5. The van der Waals surface area contributed by atoms with Gasteiger partial charge in [-0.15, -0.1) is 0 Å². The van der Waals surface area contributed by atoms with Crippen LogP contribution in [0.15, 0.2) is 12.3 Å². The summed E-state index contributed by atoms with van der Waals surface area (Å²) in [5, 5.41) is 22.2. The third-order valence-electron chi connectivity index (χ3n) is 3.10. The van der Waals surface area contributed by atoms with Crippen molar-refractivity contribution in [3.63, 3.8) is 0 Å². The van der Waals surface area contributed by atoms with Crippen molar-refractivity contribution in [1.82, 2.24) is 4.98 Å². The molecule has 0 spiro atoms. The average Bonchev–Trinajstić information content (AvgIpc) is 2.38. The van der Waals surface area contributed by atoms with E-state index in [9.17, 15) is 9.90 Å². The molecule has 1 aromatic heterocycles. The number of halogens is 1. The molecule has 2 heterocycles. The molecule has 2 rings (SSSR count). The Bertz CT molecular complexity index is 475. The number of rotatable bonds is 4. The molecule has 0 amide bonds. The number of nitrogens with one attached hydrogen (secondary N) is 1. The van der Waals surface area contributed by atoms with E-state index in [2.05, 4.69) is 10.3 Å². The van der Waals surface area contributed by atoms with E-state index in [0.29, 0.717) is 38.4 Å². The van der Waals surface area contributed by atoms with Gasteiger partial charge < -0.3 is 20.3 Å². The van der Waals surface area contributed by atoms with Crippen LogP contribution in [-0.4, -0.2) is 46.5 Å². The van der Waals surface area contributed by atoms with E-state index in [1.807, 2.05) is 0 Å². The van der Waals surface area contributed by atoms with Gasteiger partial charge in [0.05, 0.1) is 16.2 Å². The van der Waals surface area contributed by atoms with Crippen LogP contribution in [0.2, 0.25) is 5.02 Å². The lowest BCUT2D eigenvalue weighted by Crippen LogP contribution is -2.42. The second kappa shape index (κ2) is 5.73. The number of aromatic carboxylic acids is 1. The Kier molecular flexibility index (Phi) is 4.24. The van der Waals surface area contributed by atoms with Gasteiger partial charge in [0.15, 0.2) is 0 Å². The number of carboxylic acid groups (broad SMARTS) is 1. The van der Waals surface area contributed by atoms with Gasteiger partial charge in [0.25, 0.3) is 0 Å². The zero-order chi connectivity index (χ0) is 13.9. The summed E-state index contributed by atoms with van der Waals surface area (Å²) < 4.78 is 5.19. The summed E-state index contributed by atoms with van der Waals surface area (Å²) in [6.07, 6.45) is 2.32. The lowest BCUT2D eigenvalue weighted by atomic mass is 9.94. The summed E-state index contributed by atoms with van der Waals surface area (Å²) in [5.74, 6) is -0.712. The zero-order valence-electron chi connectivity index (χ0n) is 10.2. The van der Waals surface area contributed by atoms with Crippen molar-refractivity contribution in [1.29, 1.82) is 0 Å². The van der Waals surface area contributed by atoms with Gasteiger partial charge >= 0.3 is 5.97 Å². The van der Waals surface area contributed by atoms with Gasteiger partial charge in [0, 0.05) is 38.8 Å². The van der Waals surface area contributed by atoms with Crippen molar-refractivity contribution in [3.8, 4) is 0 Å². The Balaban J connectivity index is 2.01. The molecule has 1 aliphatic rings. The van der Waals surface area contributed by atoms with Gasteiger partial charge in [-0.05, 0) is 6.07 Å². The molecule has 0 saturated carbocycles. The van der Waals surface area contributed by atoms with Crippen LogP contribution in [0.3, 0.4) is 0 Å². The van der Waals surface area contributed by atoms with Gasteiger partial charge in [0.1, 0.15) is 5.82 Å². The second-order valence-corrected chi connectivity index (χ2v) is 4.96. The largest absolute Gasteiger partial charge is 0.478 e. The predicted octanol–water partition coefficient (Wildman–Crippen LogP) is 1.39. The molecule has 0 aliphatic carbocycles. The molecule has 0 atom stereocenters. The van der Waals surface area contributed by atoms with Gasteiger partial charge in [-0.1, -0.05) is 11.6 Å². The molecular formula is C12H15ClN2O4. The number of ether oxygens (including phenoxy) is 1. The Hall–Kier alpha value is -1.37. The standard InChI is InChI=1S/C12H15ClN2O4/c13-9-5-8(11(16)17)6-14-10(9)15-7-12(18)1-3-19-4-2-12/h5-6,18H,1-4,7H2,(H,14,15)(H,16,17). The molecule has 0 unspecified atom stereocenters. The summed E-state index contributed by atoms with van der Waals surface area (Å²) in [6, 6.07) is 1.33. The minimum absolute atomic E-state index is 0.0281. The maximum Gasteiger partial charge on any atom is 0.337 e. The van der Waals surface area contributed by atoms with Crippen LogP contribution in [0.4, 0.5) is 5.82 Å². The van der Waals surface area contributed by atoms with E-state index in [4.69, 9.17) is 21.4 Å². The summed E-state index contributed by atoms with van der Waals surface area (Å²) in [4.78, 5) is 14.7. The Morgan fingerprint density at radius 3 is 2.79 bits per heavy atom. The number of carbonyl (C=O) groups is 1. The number of carboxylic acids is 1. The highest BCUT2D eigenvalue weighted by Crippen LogP contribution is 2.24. The first-order valence-corrected chi connectivity index (χ1v) is 6.31. The van der Waals surface area contributed by atoms with Crippen LogP contribution in [-0.2, 0) is 4.74 Å². The molecule has 7 heteroatoms. The van der Waals surface area contributed by atoms with Crippen LogP contribution < -0.4 is 5.32 Å². The molecular weight excluding hydrogens is 272 g/mol. The van der Waals surface area contributed by atoms with Crippen LogP contribution in [0, 0.1) is 0 Å². The minimum Gasteiger partial charge on any atom is -0.478 e. The van der Waals surface area contributed by atoms with Gasteiger partial charge in [-0.25, -0.2) is 9.78 Å². The van der Waals surface area contributed by atoms with Crippen molar-refractivity contribution in [2.45, 2.75) is 18.4 Å². The third-order valence-corrected chi connectivity index (χ3v) is 3.38. The summed E-state index contributed by atoms with van der Waals surface area (Å²) in [6.45, 7) is 1.35. The number of aromatic nitrogens is 1. The quantitative estimate of drug-likeness (QED) is 0.775. The van der Waals surface area contributed by atoms with E-state index < -0.39 is 11.6 Å². The highest BCUT2D eigenvalue weighted by molar-refractivity contribution is 6.33. The maximum atomic E-state index is 10.7. The van der Waals surface area contributed by atoms with Gasteiger partial charge in [-0.3, -0.25) is 0 Å². The number of hydrogen-bond acceptors (Lipinski definition) is 5. The number of pyridine rings is 1. The molecule has 104 valence electrons. The van der Waals surface area contributed by atoms with E-state index in [1.165, 1.54) is 12.3 Å². The number of nitrogens with zero attached hydrogens (tertiary/aromatic N) is 1. The lowest BCUT2D eigenvalue weighted by Gasteiger charge is -2.32. The van der Waals surface area contributed by atoms with E-state index in [1.54, 1.807) is 0 Å². The van der Waals surface area contributed by atoms with Crippen molar-refractivity contribution in [2.75, 3.05) is 25.1 Å². The van der Waals surface area contributed by atoms with Crippen LogP contribution in [0.1, 0.15) is 23.2 Å². The molecule has 1 fully saturated rings. The number of aliphatic hydroxyl groups is 1. The molecule has 19 heavy (non-hydrogen) atoms. The first kappa shape index (κ1) is 14.0. The minimum atomic E-state index is -1.08. The Morgan fingerprint density at radius 1 is 1.53 bits per heavy atom. The summed E-state index contributed by atoms with van der Waals surface area (Å²) >= 11 is 5.94. The van der Waals surface area contributed by atoms with E-state index in [0.717, 1.165) is 0 Å². The molecule has 1 aromatic rings. The lowest BCUT2D eigenvalue weighted by molar-refractivity contribution is -0.0543. The zero-order valence-corrected chi connectivity index (χ0v) is 11.0. The fourth-order valence-electron chi connectivity index (χ4n) is 1.86. The fraction of sp³-hybridized carbons (Fsp3) is 0.500. The van der Waals surface area contributed by atoms with Crippen molar-refractivity contribution in [2.24, 2.45) is 0 Å². The van der Waals surface area contributed by atoms with Crippen molar-refractivity contribution in [3.05, 3.63) is 22.8 Å².